The summed E-state index contributed by atoms with van der Waals surface area (Å²) in [5.74, 6) is 0.285. The fourth-order valence-electron chi connectivity index (χ4n) is 2.41. The molecule has 4 rings (SSSR count). The van der Waals surface area contributed by atoms with E-state index in [1.807, 2.05) is 18.2 Å². The Hall–Kier alpha value is -2.65. The van der Waals surface area contributed by atoms with Crippen LogP contribution in [-0.4, -0.2) is 30.3 Å². The first-order valence-electron chi connectivity index (χ1n) is 8.45. The van der Waals surface area contributed by atoms with Gasteiger partial charge in [-0.2, -0.15) is 0 Å². The summed E-state index contributed by atoms with van der Waals surface area (Å²) in [4.78, 5) is 24.9. The monoisotopic (exact) mass is 399 g/mol. The lowest BCUT2D eigenvalue weighted by atomic mass is 10.1. The predicted molar refractivity (Wildman–Crippen MR) is 107 cm³/mol. The van der Waals surface area contributed by atoms with Crippen molar-refractivity contribution in [2.24, 2.45) is 0 Å². The maximum atomic E-state index is 12.2. The topological polar surface area (TPSA) is 96.9 Å². The minimum absolute atomic E-state index is 0.139. The second kappa shape index (κ2) is 7.93. The van der Waals surface area contributed by atoms with Crippen LogP contribution in [0.5, 0.6) is 0 Å². The van der Waals surface area contributed by atoms with Gasteiger partial charge in [0.15, 0.2) is 5.13 Å². The molecular weight excluding hydrogens is 382 g/mol. The first kappa shape index (κ1) is 17.7. The van der Waals surface area contributed by atoms with Gasteiger partial charge >= 0.3 is 0 Å². The Kier molecular flexibility index (Phi) is 5.21. The molecule has 0 radical (unpaired) electrons. The highest BCUT2D eigenvalue weighted by Crippen LogP contribution is 2.28. The van der Waals surface area contributed by atoms with Crippen LogP contribution in [0.15, 0.2) is 48.2 Å². The van der Waals surface area contributed by atoms with Gasteiger partial charge in [-0.05, 0) is 31.0 Å². The van der Waals surface area contributed by atoms with Crippen molar-refractivity contribution in [3.63, 3.8) is 0 Å². The van der Waals surface area contributed by atoms with Crippen molar-refractivity contribution in [3.8, 4) is 11.1 Å². The van der Waals surface area contributed by atoms with Gasteiger partial charge in [-0.25, -0.2) is 14.2 Å². The van der Waals surface area contributed by atoms with Crippen molar-refractivity contribution in [2.45, 2.75) is 24.5 Å². The van der Waals surface area contributed by atoms with Gasteiger partial charge in [-0.15, -0.1) is 11.3 Å². The lowest BCUT2D eigenvalue weighted by Crippen LogP contribution is -2.15. The van der Waals surface area contributed by atoms with E-state index in [1.54, 1.807) is 30.0 Å². The molecule has 7 nitrogen and oxygen atoms in total. The second-order valence-electron chi connectivity index (χ2n) is 6.14. The molecule has 1 amide bonds. The number of hydrogen-bond donors (Lipinski definition) is 2. The predicted octanol–water partition coefficient (Wildman–Crippen LogP) is 3.02. The van der Waals surface area contributed by atoms with Gasteiger partial charge in [-0.1, -0.05) is 6.07 Å². The zero-order valence-corrected chi connectivity index (χ0v) is 15.9. The summed E-state index contributed by atoms with van der Waals surface area (Å²) in [6.07, 6.45) is 7.30. The molecule has 9 heteroatoms. The number of thiazole rings is 1. The summed E-state index contributed by atoms with van der Waals surface area (Å²) >= 11 is 1.35. The first-order valence-corrected chi connectivity index (χ1v) is 10.5. The molecule has 1 atom stereocenters. The van der Waals surface area contributed by atoms with E-state index in [4.69, 9.17) is 0 Å². The zero-order valence-electron chi connectivity index (χ0n) is 14.3. The van der Waals surface area contributed by atoms with Crippen LogP contribution in [0.4, 0.5) is 10.9 Å². The SMILES string of the molecule is O=C(Cc1csc(NS(=O)C2CC2)n1)Nc1ccc(-c2cccnc2)cn1. The maximum Gasteiger partial charge on any atom is 0.231 e. The third kappa shape index (κ3) is 4.75. The van der Waals surface area contributed by atoms with Gasteiger partial charge in [0.1, 0.15) is 16.8 Å². The van der Waals surface area contributed by atoms with E-state index in [0.717, 1.165) is 24.0 Å². The number of pyridine rings is 2. The van der Waals surface area contributed by atoms with Gasteiger partial charge in [0, 0.05) is 35.1 Å². The van der Waals surface area contributed by atoms with Crippen LogP contribution in [-0.2, 0) is 22.2 Å². The Bertz CT molecular complexity index is 955. The van der Waals surface area contributed by atoms with E-state index in [1.165, 1.54) is 11.3 Å². The summed E-state index contributed by atoms with van der Waals surface area (Å²) in [5.41, 5.74) is 2.54. The Labute approximate surface area is 162 Å². The number of rotatable bonds is 7. The number of nitrogens with zero attached hydrogens (tertiary/aromatic N) is 3. The number of amides is 1. The molecule has 27 heavy (non-hydrogen) atoms. The molecule has 3 heterocycles. The lowest BCUT2D eigenvalue weighted by molar-refractivity contribution is -0.115. The second-order valence-corrected chi connectivity index (χ2v) is 8.47. The molecule has 1 saturated carbocycles. The van der Waals surface area contributed by atoms with E-state index in [9.17, 15) is 9.00 Å². The minimum Gasteiger partial charge on any atom is -0.310 e. The Morgan fingerprint density at radius 3 is 2.78 bits per heavy atom. The van der Waals surface area contributed by atoms with Crippen molar-refractivity contribution in [1.29, 1.82) is 0 Å². The van der Waals surface area contributed by atoms with Gasteiger partial charge in [-0.3, -0.25) is 14.5 Å². The quantitative estimate of drug-likeness (QED) is 0.637. The Balaban J connectivity index is 1.32. The van der Waals surface area contributed by atoms with Gasteiger partial charge in [0.2, 0.25) is 5.91 Å². The number of nitrogens with one attached hydrogen (secondary N) is 2. The summed E-state index contributed by atoms with van der Waals surface area (Å²) < 4.78 is 14.8. The average Bonchev–Trinajstić information content (AvgIpc) is 3.45. The van der Waals surface area contributed by atoms with Crippen molar-refractivity contribution >= 4 is 39.2 Å². The molecule has 138 valence electrons. The lowest BCUT2D eigenvalue weighted by Gasteiger charge is -2.05. The zero-order chi connectivity index (χ0) is 18.6. The summed E-state index contributed by atoms with van der Waals surface area (Å²) in [6.45, 7) is 0. The first-order chi connectivity index (χ1) is 13.2. The number of hydrogen-bond acceptors (Lipinski definition) is 6. The molecule has 1 aliphatic carbocycles. The molecule has 0 saturated heterocycles. The van der Waals surface area contributed by atoms with E-state index in [-0.39, 0.29) is 17.6 Å². The maximum absolute atomic E-state index is 12.2. The molecular formula is C18H17N5O2S2. The number of carbonyl (C=O) groups is 1. The molecule has 2 N–H and O–H groups in total. The smallest absolute Gasteiger partial charge is 0.231 e. The van der Waals surface area contributed by atoms with Crippen LogP contribution >= 0.6 is 11.3 Å². The fourth-order valence-corrected chi connectivity index (χ4v) is 4.35. The van der Waals surface area contributed by atoms with E-state index >= 15 is 0 Å². The highest BCUT2D eigenvalue weighted by Gasteiger charge is 2.29. The molecule has 0 bridgehead atoms. The van der Waals surface area contributed by atoms with Crippen LogP contribution in [0.1, 0.15) is 18.5 Å². The van der Waals surface area contributed by atoms with Crippen LogP contribution in [0.3, 0.4) is 0 Å². The summed E-state index contributed by atoms with van der Waals surface area (Å²) in [6, 6.07) is 7.46. The third-order valence-corrected chi connectivity index (χ3v) is 6.34. The molecule has 3 aromatic heterocycles. The van der Waals surface area contributed by atoms with Gasteiger partial charge in [0.05, 0.1) is 17.4 Å². The van der Waals surface area contributed by atoms with Gasteiger partial charge in [0.25, 0.3) is 0 Å². The largest absolute Gasteiger partial charge is 0.310 e. The Morgan fingerprint density at radius 1 is 1.22 bits per heavy atom. The molecule has 0 spiro atoms. The average molecular weight is 400 g/mol. The number of aromatic nitrogens is 3. The van der Waals surface area contributed by atoms with Crippen molar-refractivity contribution < 1.29 is 9.00 Å². The van der Waals surface area contributed by atoms with Crippen molar-refractivity contribution in [3.05, 3.63) is 53.9 Å². The van der Waals surface area contributed by atoms with E-state index < -0.39 is 11.0 Å². The number of anilines is 2. The van der Waals surface area contributed by atoms with Crippen LogP contribution in [0.2, 0.25) is 0 Å². The molecule has 1 aliphatic rings. The van der Waals surface area contributed by atoms with Gasteiger partial charge < -0.3 is 5.32 Å². The number of carbonyl (C=O) groups excluding carboxylic acids is 1. The third-order valence-electron chi connectivity index (χ3n) is 3.93. The summed E-state index contributed by atoms with van der Waals surface area (Å²) in [7, 11) is -1.08. The van der Waals surface area contributed by atoms with Crippen molar-refractivity contribution in [2.75, 3.05) is 10.0 Å². The fraction of sp³-hybridized carbons (Fsp3) is 0.222. The van der Waals surface area contributed by atoms with E-state index in [2.05, 4.69) is 25.0 Å². The molecule has 0 aliphatic heterocycles. The van der Waals surface area contributed by atoms with Crippen LogP contribution < -0.4 is 10.0 Å². The van der Waals surface area contributed by atoms with Crippen LogP contribution in [0.25, 0.3) is 11.1 Å². The highest BCUT2D eigenvalue weighted by molar-refractivity contribution is 7.87. The normalized spacial score (nSPS) is 14.5. The molecule has 0 aromatic carbocycles. The molecule has 1 fully saturated rings. The molecule has 3 aromatic rings. The van der Waals surface area contributed by atoms with E-state index in [0.29, 0.717) is 16.6 Å². The standard InChI is InChI=1S/C18H17N5O2S2/c24-17(8-14-11-26-18(21-14)23-27(25)15-4-5-15)22-16-6-3-13(10-20-16)12-2-1-7-19-9-12/h1-3,6-7,9-11,15H,4-5,8H2,(H,21,23)(H,20,22,24). The molecule has 1 unspecified atom stereocenters. The highest BCUT2D eigenvalue weighted by atomic mass is 32.2. The summed E-state index contributed by atoms with van der Waals surface area (Å²) in [5, 5.41) is 5.39. The van der Waals surface area contributed by atoms with Crippen molar-refractivity contribution in [1.82, 2.24) is 15.0 Å². The van der Waals surface area contributed by atoms with Crippen LogP contribution in [0, 0.1) is 0 Å². The Morgan fingerprint density at radius 2 is 2.07 bits per heavy atom. The minimum atomic E-state index is -1.08.